The maximum absolute atomic E-state index is 5.72. The van der Waals surface area contributed by atoms with Crippen LogP contribution in [0.15, 0.2) is 0 Å². The smallest absolute Gasteiger partial charge is 0.0107 e. The van der Waals surface area contributed by atoms with E-state index in [0.717, 1.165) is 18.4 Å². The number of nitrogens with one attached hydrogen (secondary N) is 1. The molecule has 1 fully saturated rings. The Morgan fingerprint density at radius 1 is 1.38 bits per heavy atom. The van der Waals surface area contributed by atoms with Crippen LogP contribution in [0.1, 0.15) is 39.5 Å². The van der Waals surface area contributed by atoms with Crippen LogP contribution < -0.4 is 11.1 Å². The molecule has 0 radical (unpaired) electrons. The van der Waals surface area contributed by atoms with E-state index in [1.807, 2.05) is 0 Å². The van der Waals surface area contributed by atoms with E-state index in [4.69, 9.17) is 5.73 Å². The van der Waals surface area contributed by atoms with Gasteiger partial charge in [-0.3, -0.25) is 0 Å². The van der Waals surface area contributed by atoms with Crippen molar-refractivity contribution in [2.24, 2.45) is 17.6 Å². The lowest BCUT2D eigenvalue weighted by molar-refractivity contribution is 0.392. The Morgan fingerprint density at radius 2 is 2.15 bits per heavy atom. The minimum atomic E-state index is 0.712. The Kier molecular flexibility index (Phi) is 4.74. The van der Waals surface area contributed by atoms with E-state index in [2.05, 4.69) is 19.2 Å². The maximum Gasteiger partial charge on any atom is 0.0107 e. The summed E-state index contributed by atoms with van der Waals surface area (Å²) in [6, 6.07) is 0.712. The summed E-state index contributed by atoms with van der Waals surface area (Å²) in [4.78, 5) is 0. The minimum absolute atomic E-state index is 0.712. The number of hydrogen-bond acceptors (Lipinski definition) is 2. The van der Waals surface area contributed by atoms with Gasteiger partial charge in [0.05, 0.1) is 0 Å². The molecule has 2 heteroatoms. The summed E-state index contributed by atoms with van der Waals surface area (Å²) < 4.78 is 0. The van der Waals surface area contributed by atoms with Crippen molar-refractivity contribution in [3.05, 3.63) is 0 Å². The van der Waals surface area contributed by atoms with Gasteiger partial charge in [0.1, 0.15) is 0 Å². The van der Waals surface area contributed by atoms with Gasteiger partial charge < -0.3 is 11.1 Å². The molecule has 0 aliphatic heterocycles. The van der Waals surface area contributed by atoms with Gasteiger partial charge in [-0.1, -0.05) is 20.3 Å². The summed E-state index contributed by atoms with van der Waals surface area (Å²) in [7, 11) is 0. The molecule has 0 spiro atoms. The molecule has 0 bridgehead atoms. The summed E-state index contributed by atoms with van der Waals surface area (Å²) in [6.45, 7) is 6.58. The molecule has 3 N–H and O–H groups in total. The van der Waals surface area contributed by atoms with Gasteiger partial charge in [-0.15, -0.1) is 0 Å². The predicted molar refractivity (Wildman–Crippen MR) is 57.6 cm³/mol. The van der Waals surface area contributed by atoms with Crippen molar-refractivity contribution in [1.29, 1.82) is 0 Å². The zero-order valence-electron chi connectivity index (χ0n) is 9.05. The molecule has 2 atom stereocenters. The van der Waals surface area contributed by atoms with Gasteiger partial charge in [0.25, 0.3) is 0 Å². The first-order valence-corrected chi connectivity index (χ1v) is 5.67. The van der Waals surface area contributed by atoms with E-state index in [9.17, 15) is 0 Å². The first kappa shape index (κ1) is 11.0. The molecule has 1 rings (SSSR count). The Labute approximate surface area is 82.3 Å². The van der Waals surface area contributed by atoms with Crippen LogP contribution in [0.4, 0.5) is 0 Å². The second-order valence-electron chi connectivity index (χ2n) is 4.67. The Bertz CT molecular complexity index is 134. The standard InChI is InChI=1S/C11H24N2/c1-9(2)6-7-13-11-5-3-4-10(11)8-12/h9-11,13H,3-8,12H2,1-2H3. The molecule has 0 aromatic carbocycles. The summed E-state index contributed by atoms with van der Waals surface area (Å²) in [6.07, 6.45) is 5.31. The van der Waals surface area contributed by atoms with Crippen molar-refractivity contribution < 1.29 is 0 Å². The first-order chi connectivity index (χ1) is 6.24. The summed E-state index contributed by atoms with van der Waals surface area (Å²) >= 11 is 0. The van der Waals surface area contributed by atoms with Crippen LogP contribution in [0.3, 0.4) is 0 Å². The van der Waals surface area contributed by atoms with Gasteiger partial charge in [-0.2, -0.15) is 0 Å². The second-order valence-corrected chi connectivity index (χ2v) is 4.67. The topological polar surface area (TPSA) is 38.0 Å². The highest BCUT2D eigenvalue weighted by atomic mass is 14.9. The predicted octanol–water partition coefficient (Wildman–Crippen LogP) is 1.75. The Balaban J connectivity index is 2.13. The fraction of sp³-hybridized carbons (Fsp3) is 1.00. The largest absolute Gasteiger partial charge is 0.330 e. The molecule has 78 valence electrons. The fourth-order valence-electron chi connectivity index (χ4n) is 2.15. The Morgan fingerprint density at radius 3 is 2.77 bits per heavy atom. The van der Waals surface area contributed by atoms with Crippen molar-refractivity contribution >= 4 is 0 Å². The van der Waals surface area contributed by atoms with E-state index in [1.54, 1.807) is 0 Å². The van der Waals surface area contributed by atoms with Crippen molar-refractivity contribution in [3.63, 3.8) is 0 Å². The lowest BCUT2D eigenvalue weighted by atomic mass is 10.0. The molecule has 0 aromatic rings. The van der Waals surface area contributed by atoms with E-state index in [1.165, 1.54) is 32.2 Å². The van der Waals surface area contributed by atoms with E-state index in [-0.39, 0.29) is 0 Å². The third-order valence-corrected chi connectivity index (χ3v) is 3.09. The monoisotopic (exact) mass is 184 g/mol. The van der Waals surface area contributed by atoms with Crippen LogP contribution in [-0.2, 0) is 0 Å². The van der Waals surface area contributed by atoms with Gasteiger partial charge in [0.15, 0.2) is 0 Å². The number of hydrogen-bond donors (Lipinski definition) is 2. The highest BCUT2D eigenvalue weighted by molar-refractivity contribution is 4.83. The van der Waals surface area contributed by atoms with E-state index < -0.39 is 0 Å². The zero-order valence-corrected chi connectivity index (χ0v) is 9.05. The number of rotatable bonds is 5. The molecule has 0 amide bonds. The molecule has 1 aliphatic rings. The van der Waals surface area contributed by atoms with Crippen LogP contribution in [0.5, 0.6) is 0 Å². The summed E-state index contributed by atoms with van der Waals surface area (Å²) in [5.74, 6) is 1.55. The third-order valence-electron chi connectivity index (χ3n) is 3.09. The van der Waals surface area contributed by atoms with Crippen LogP contribution in [0.25, 0.3) is 0 Å². The van der Waals surface area contributed by atoms with Crippen molar-refractivity contribution in [1.82, 2.24) is 5.32 Å². The molecular weight excluding hydrogens is 160 g/mol. The number of nitrogens with two attached hydrogens (primary N) is 1. The van der Waals surface area contributed by atoms with Crippen molar-refractivity contribution in [2.45, 2.75) is 45.6 Å². The molecule has 2 nitrogen and oxygen atoms in total. The highest BCUT2D eigenvalue weighted by Gasteiger charge is 2.24. The van der Waals surface area contributed by atoms with Gasteiger partial charge in [0, 0.05) is 6.04 Å². The molecule has 0 saturated heterocycles. The van der Waals surface area contributed by atoms with Gasteiger partial charge in [-0.05, 0) is 44.2 Å². The zero-order chi connectivity index (χ0) is 9.68. The van der Waals surface area contributed by atoms with Crippen LogP contribution in [0.2, 0.25) is 0 Å². The van der Waals surface area contributed by atoms with Crippen LogP contribution in [-0.4, -0.2) is 19.1 Å². The maximum atomic E-state index is 5.72. The Hall–Kier alpha value is -0.0800. The normalized spacial score (nSPS) is 28.6. The average Bonchev–Trinajstić information content (AvgIpc) is 2.51. The minimum Gasteiger partial charge on any atom is -0.330 e. The lowest BCUT2D eigenvalue weighted by Gasteiger charge is -2.19. The van der Waals surface area contributed by atoms with Crippen LogP contribution in [0, 0.1) is 11.8 Å². The molecule has 13 heavy (non-hydrogen) atoms. The summed E-state index contributed by atoms with van der Waals surface area (Å²) in [5.41, 5.74) is 5.72. The highest BCUT2D eigenvalue weighted by Crippen LogP contribution is 2.24. The van der Waals surface area contributed by atoms with E-state index in [0.29, 0.717) is 6.04 Å². The third kappa shape index (κ3) is 3.65. The van der Waals surface area contributed by atoms with Crippen molar-refractivity contribution in [2.75, 3.05) is 13.1 Å². The molecule has 2 unspecified atom stereocenters. The van der Waals surface area contributed by atoms with Crippen molar-refractivity contribution in [3.8, 4) is 0 Å². The molecule has 1 aliphatic carbocycles. The van der Waals surface area contributed by atoms with Crippen LogP contribution >= 0.6 is 0 Å². The second kappa shape index (κ2) is 5.61. The molecular formula is C11H24N2. The SMILES string of the molecule is CC(C)CCNC1CCCC1CN. The fourth-order valence-corrected chi connectivity index (χ4v) is 2.15. The average molecular weight is 184 g/mol. The van der Waals surface area contributed by atoms with Gasteiger partial charge >= 0.3 is 0 Å². The quantitative estimate of drug-likeness (QED) is 0.683. The lowest BCUT2D eigenvalue weighted by Crippen LogP contribution is -2.36. The molecule has 0 aromatic heterocycles. The molecule has 1 saturated carbocycles. The first-order valence-electron chi connectivity index (χ1n) is 5.67. The van der Waals surface area contributed by atoms with E-state index >= 15 is 0 Å². The molecule has 0 heterocycles. The van der Waals surface area contributed by atoms with Gasteiger partial charge in [-0.25, -0.2) is 0 Å². The summed E-state index contributed by atoms with van der Waals surface area (Å²) in [5, 5.41) is 3.63. The van der Waals surface area contributed by atoms with Gasteiger partial charge in [0.2, 0.25) is 0 Å².